The minimum atomic E-state index is -0.931. The van der Waals surface area contributed by atoms with Gasteiger partial charge in [-0.2, -0.15) is 0 Å². The van der Waals surface area contributed by atoms with Gasteiger partial charge in [0.2, 0.25) is 0 Å². The summed E-state index contributed by atoms with van der Waals surface area (Å²) in [5.41, 5.74) is 2.31. The molecule has 0 saturated heterocycles. The van der Waals surface area contributed by atoms with E-state index in [-0.39, 0.29) is 18.6 Å². The van der Waals surface area contributed by atoms with Crippen molar-refractivity contribution >= 4 is 5.97 Å². The Kier molecular flexibility index (Phi) is 5.35. The van der Waals surface area contributed by atoms with E-state index in [0.717, 1.165) is 5.56 Å². The highest BCUT2D eigenvalue weighted by Gasteiger charge is 2.17. The summed E-state index contributed by atoms with van der Waals surface area (Å²) in [4.78, 5) is 10.6. The highest BCUT2D eigenvalue weighted by Crippen LogP contribution is 2.27. The van der Waals surface area contributed by atoms with Crippen LogP contribution in [-0.4, -0.2) is 17.7 Å². The van der Waals surface area contributed by atoms with E-state index >= 15 is 0 Å². The first kappa shape index (κ1) is 14.7. The lowest BCUT2D eigenvalue weighted by atomic mass is 9.95. The highest BCUT2D eigenvalue weighted by atomic mass is 16.5. The van der Waals surface area contributed by atoms with Crippen molar-refractivity contribution in [1.82, 2.24) is 0 Å². The maximum absolute atomic E-state index is 10.6. The Hall–Kier alpha value is -1.35. The summed E-state index contributed by atoms with van der Waals surface area (Å²) in [6.07, 6.45) is -0.165. The van der Waals surface area contributed by atoms with Crippen LogP contribution < -0.4 is 0 Å². The van der Waals surface area contributed by atoms with E-state index in [1.54, 1.807) is 0 Å². The second-order valence-corrected chi connectivity index (χ2v) is 5.19. The van der Waals surface area contributed by atoms with Crippen LogP contribution in [0.4, 0.5) is 0 Å². The maximum Gasteiger partial charge on any atom is 0.329 e. The molecule has 1 unspecified atom stereocenters. The van der Waals surface area contributed by atoms with E-state index in [9.17, 15) is 4.79 Å². The molecular formula is C15H22O3. The summed E-state index contributed by atoms with van der Waals surface area (Å²) in [6, 6.07) is 8.22. The van der Waals surface area contributed by atoms with Crippen LogP contribution >= 0.6 is 0 Å². The number of carbonyl (C=O) groups is 1. The van der Waals surface area contributed by atoms with Gasteiger partial charge in [0.05, 0.1) is 6.10 Å². The van der Waals surface area contributed by atoms with E-state index in [4.69, 9.17) is 9.84 Å². The van der Waals surface area contributed by atoms with E-state index < -0.39 is 5.97 Å². The Morgan fingerprint density at radius 2 is 1.61 bits per heavy atom. The minimum Gasteiger partial charge on any atom is -0.480 e. The first-order valence-electron chi connectivity index (χ1n) is 6.35. The molecule has 3 nitrogen and oxygen atoms in total. The molecule has 1 atom stereocenters. The molecule has 0 amide bonds. The lowest BCUT2D eigenvalue weighted by Crippen LogP contribution is -2.16. The number of carboxylic acids is 1. The number of ether oxygens (including phenoxy) is 1. The molecular weight excluding hydrogens is 228 g/mol. The standard InChI is InChI=1S/C15H22O3/c1-10(2)12-5-7-13(8-6-12)15(11(3)4)18-9-14(16)17/h5-8,10-11,15H,9H2,1-4H3,(H,16,17). The van der Waals surface area contributed by atoms with Gasteiger partial charge < -0.3 is 9.84 Å². The first-order chi connectivity index (χ1) is 8.41. The zero-order valence-electron chi connectivity index (χ0n) is 11.5. The highest BCUT2D eigenvalue weighted by molar-refractivity contribution is 5.68. The number of hydrogen-bond acceptors (Lipinski definition) is 2. The number of aliphatic carboxylic acids is 1. The van der Waals surface area contributed by atoms with Crippen LogP contribution in [0.5, 0.6) is 0 Å². The van der Waals surface area contributed by atoms with Gasteiger partial charge in [-0.3, -0.25) is 0 Å². The Labute approximate surface area is 109 Å². The Morgan fingerprint density at radius 1 is 1.11 bits per heavy atom. The van der Waals surface area contributed by atoms with Crippen LogP contribution in [0.2, 0.25) is 0 Å². The van der Waals surface area contributed by atoms with Crippen molar-refractivity contribution in [1.29, 1.82) is 0 Å². The first-order valence-corrected chi connectivity index (χ1v) is 6.35. The Balaban J connectivity index is 2.82. The van der Waals surface area contributed by atoms with Gasteiger partial charge in [0.25, 0.3) is 0 Å². The van der Waals surface area contributed by atoms with Gasteiger partial charge in [-0.05, 0) is 23.0 Å². The van der Waals surface area contributed by atoms with E-state index in [2.05, 4.69) is 26.0 Å². The van der Waals surface area contributed by atoms with E-state index in [0.29, 0.717) is 5.92 Å². The van der Waals surface area contributed by atoms with Crippen LogP contribution in [0.25, 0.3) is 0 Å². The zero-order valence-corrected chi connectivity index (χ0v) is 11.5. The van der Waals surface area contributed by atoms with Crippen LogP contribution in [0, 0.1) is 5.92 Å². The van der Waals surface area contributed by atoms with Crippen LogP contribution in [0.1, 0.15) is 50.8 Å². The second kappa shape index (κ2) is 6.55. The van der Waals surface area contributed by atoms with Gasteiger partial charge in [0.15, 0.2) is 0 Å². The predicted molar refractivity (Wildman–Crippen MR) is 71.7 cm³/mol. The van der Waals surface area contributed by atoms with Crippen molar-refractivity contribution in [3.63, 3.8) is 0 Å². The van der Waals surface area contributed by atoms with E-state index in [1.807, 2.05) is 26.0 Å². The molecule has 0 fully saturated rings. The molecule has 0 heterocycles. The lowest BCUT2D eigenvalue weighted by Gasteiger charge is -2.21. The molecule has 3 heteroatoms. The van der Waals surface area contributed by atoms with Gasteiger partial charge >= 0.3 is 5.97 Å². The third kappa shape index (κ3) is 4.15. The molecule has 18 heavy (non-hydrogen) atoms. The fourth-order valence-electron chi connectivity index (χ4n) is 1.91. The molecule has 0 radical (unpaired) electrons. The largest absolute Gasteiger partial charge is 0.480 e. The molecule has 0 aliphatic heterocycles. The van der Waals surface area contributed by atoms with Crippen molar-refractivity contribution < 1.29 is 14.6 Å². The Morgan fingerprint density at radius 3 is 2.00 bits per heavy atom. The van der Waals surface area contributed by atoms with Crippen LogP contribution in [-0.2, 0) is 9.53 Å². The molecule has 1 rings (SSSR count). The number of rotatable bonds is 6. The SMILES string of the molecule is CC(C)c1ccc(C(OCC(=O)O)C(C)C)cc1. The molecule has 100 valence electrons. The molecule has 1 N–H and O–H groups in total. The summed E-state index contributed by atoms with van der Waals surface area (Å²) < 4.78 is 5.45. The third-order valence-electron chi connectivity index (χ3n) is 2.92. The summed E-state index contributed by atoms with van der Waals surface area (Å²) >= 11 is 0. The second-order valence-electron chi connectivity index (χ2n) is 5.19. The number of benzene rings is 1. The molecule has 1 aromatic rings. The van der Waals surface area contributed by atoms with Crippen molar-refractivity contribution in [2.75, 3.05) is 6.61 Å². The predicted octanol–water partition coefficient (Wildman–Crippen LogP) is 3.61. The molecule has 0 saturated carbocycles. The van der Waals surface area contributed by atoms with Gasteiger partial charge in [0.1, 0.15) is 6.61 Å². The molecule has 0 spiro atoms. The molecule has 0 aliphatic carbocycles. The van der Waals surface area contributed by atoms with Gasteiger partial charge in [-0.25, -0.2) is 4.79 Å². The van der Waals surface area contributed by atoms with Gasteiger partial charge in [-0.1, -0.05) is 52.0 Å². The quantitative estimate of drug-likeness (QED) is 0.839. The minimum absolute atomic E-state index is 0.165. The van der Waals surface area contributed by atoms with Crippen molar-refractivity contribution in [3.8, 4) is 0 Å². The summed E-state index contributed by atoms with van der Waals surface area (Å²) in [5, 5.41) is 8.68. The average Bonchev–Trinajstić information content (AvgIpc) is 2.29. The fourth-order valence-corrected chi connectivity index (χ4v) is 1.91. The fraction of sp³-hybridized carbons (Fsp3) is 0.533. The van der Waals surface area contributed by atoms with Crippen molar-refractivity contribution in [3.05, 3.63) is 35.4 Å². The summed E-state index contributed by atoms with van der Waals surface area (Å²) in [7, 11) is 0. The smallest absolute Gasteiger partial charge is 0.329 e. The maximum atomic E-state index is 10.6. The Bertz CT molecular complexity index is 379. The lowest BCUT2D eigenvalue weighted by molar-refractivity contribution is -0.145. The topological polar surface area (TPSA) is 46.5 Å². The molecule has 0 bridgehead atoms. The van der Waals surface area contributed by atoms with E-state index in [1.165, 1.54) is 5.56 Å². The van der Waals surface area contributed by atoms with Crippen LogP contribution in [0.15, 0.2) is 24.3 Å². The zero-order chi connectivity index (χ0) is 13.7. The number of hydrogen-bond donors (Lipinski definition) is 1. The summed E-state index contributed by atoms with van der Waals surface area (Å²) in [5.74, 6) is -0.190. The molecule has 0 aliphatic rings. The van der Waals surface area contributed by atoms with Crippen molar-refractivity contribution in [2.24, 2.45) is 5.92 Å². The normalized spacial score (nSPS) is 13.0. The average molecular weight is 250 g/mol. The van der Waals surface area contributed by atoms with Gasteiger partial charge in [-0.15, -0.1) is 0 Å². The van der Waals surface area contributed by atoms with Gasteiger partial charge in [0, 0.05) is 0 Å². The molecule has 0 aromatic heterocycles. The monoisotopic (exact) mass is 250 g/mol. The summed E-state index contributed by atoms with van der Waals surface area (Å²) in [6.45, 7) is 8.10. The van der Waals surface area contributed by atoms with Crippen molar-refractivity contribution in [2.45, 2.75) is 39.7 Å². The third-order valence-corrected chi connectivity index (χ3v) is 2.92. The van der Waals surface area contributed by atoms with Crippen LogP contribution in [0.3, 0.4) is 0 Å². The number of carboxylic acid groups (broad SMARTS) is 1. The molecule has 1 aromatic carbocycles.